The first-order chi connectivity index (χ1) is 8.54. The first kappa shape index (κ1) is 15.5. The van der Waals surface area contributed by atoms with E-state index in [4.69, 9.17) is 17.3 Å². The van der Waals surface area contributed by atoms with Gasteiger partial charge in [0, 0.05) is 23.7 Å². The lowest BCUT2D eigenvalue weighted by atomic mass is 10.0. The molecule has 102 valence electrons. The highest BCUT2D eigenvalue weighted by Gasteiger charge is 2.11. The van der Waals surface area contributed by atoms with E-state index in [0.29, 0.717) is 6.04 Å². The van der Waals surface area contributed by atoms with Gasteiger partial charge in [0.25, 0.3) is 0 Å². The van der Waals surface area contributed by atoms with Gasteiger partial charge in [-0.3, -0.25) is 0 Å². The van der Waals surface area contributed by atoms with Crippen molar-refractivity contribution < 1.29 is 0 Å². The third kappa shape index (κ3) is 4.97. The Kier molecular flexibility index (Phi) is 6.69. The van der Waals surface area contributed by atoms with Gasteiger partial charge in [-0.15, -0.1) is 0 Å². The van der Waals surface area contributed by atoms with Gasteiger partial charge in [-0.05, 0) is 50.9 Å². The van der Waals surface area contributed by atoms with E-state index in [1.165, 1.54) is 12.0 Å². The van der Waals surface area contributed by atoms with Crippen LogP contribution in [0.4, 0.5) is 0 Å². The number of hydrogen-bond acceptors (Lipinski definition) is 2. The normalized spacial score (nSPS) is 13.3. The molecule has 1 aromatic rings. The molecule has 0 heterocycles. The molecule has 0 fully saturated rings. The van der Waals surface area contributed by atoms with Crippen LogP contribution in [0.2, 0.25) is 5.02 Å². The first-order valence-corrected chi connectivity index (χ1v) is 7.17. The zero-order chi connectivity index (χ0) is 13.5. The maximum Gasteiger partial charge on any atom is 0.0406 e. The summed E-state index contributed by atoms with van der Waals surface area (Å²) in [5, 5.41) is 0.765. The topological polar surface area (TPSA) is 29.3 Å². The smallest absolute Gasteiger partial charge is 0.0406 e. The number of halogens is 1. The van der Waals surface area contributed by atoms with Crippen molar-refractivity contribution in [3.05, 3.63) is 34.9 Å². The predicted octanol–water partition coefficient (Wildman–Crippen LogP) is 3.85. The minimum atomic E-state index is 0.0976. The Hall–Kier alpha value is -0.570. The Morgan fingerprint density at radius 3 is 2.28 bits per heavy atom. The molecule has 0 aliphatic rings. The van der Waals surface area contributed by atoms with Gasteiger partial charge in [-0.1, -0.05) is 30.7 Å². The molecule has 0 saturated carbocycles. The zero-order valence-corrected chi connectivity index (χ0v) is 12.5. The van der Waals surface area contributed by atoms with E-state index in [2.05, 4.69) is 25.7 Å². The second-order valence-corrected chi connectivity index (χ2v) is 5.51. The average molecular weight is 269 g/mol. The molecule has 0 radical (unpaired) electrons. The summed E-state index contributed by atoms with van der Waals surface area (Å²) in [5.74, 6) is 0. The molecule has 1 rings (SSSR count). The van der Waals surface area contributed by atoms with Gasteiger partial charge in [0.2, 0.25) is 0 Å². The standard InChI is InChI=1S/C15H25ClN2/c1-4-10-18(12(2)3)11-9-15(17)13-5-7-14(16)8-6-13/h5-8,12,15H,4,9-11,17H2,1-3H3. The molecule has 3 heteroatoms. The number of nitrogens with zero attached hydrogens (tertiary/aromatic N) is 1. The molecule has 1 unspecified atom stereocenters. The van der Waals surface area contributed by atoms with Gasteiger partial charge in [0.1, 0.15) is 0 Å². The third-order valence-corrected chi connectivity index (χ3v) is 3.52. The van der Waals surface area contributed by atoms with Crippen molar-refractivity contribution in [2.24, 2.45) is 5.73 Å². The van der Waals surface area contributed by atoms with Gasteiger partial charge in [-0.25, -0.2) is 0 Å². The number of nitrogens with two attached hydrogens (primary N) is 1. The molecule has 0 saturated heterocycles. The molecule has 0 bridgehead atoms. The Labute approximate surface area is 116 Å². The van der Waals surface area contributed by atoms with E-state index < -0.39 is 0 Å². The first-order valence-electron chi connectivity index (χ1n) is 6.79. The van der Waals surface area contributed by atoms with Crippen LogP contribution in [0.5, 0.6) is 0 Å². The Balaban J connectivity index is 2.48. The molecule has 0 aliphatic heterocycles. The summed E-state index contributed by atoms with van der Waals surface area (Å²) in [7, 11) is 0. The van der Waals surface area contributed by atoms with Crippen molar-refractivity contribution in [3.8, 4) is 0 Å². The summed E-state index contributed by atoms with van der Waals surface area (Å²) in [6.45, 7) is 8.89. The predicted molar refractivity (Wildman–Crippen MR) is 80.0 cm³/mol. The molecular formula is C15H25ClN2. The molecule has 1 atom stereocenters. The number of benzene rings is 1. The summed E-state index contributed by atoms with van der Waals surface area (Å²) < 4.78 is 0. The average Bonchev–Trinajstić information content (AvgIpc) is 2.34. The van der Waals surface area contributed by atoms with E-state index in [-0.39, 0.29) is 6.04 Å². The number of hydrogen-bond donors (Lipinski definition) is 1. The van der Waals surface area contributed by atoms with Gasteiger partial charge < -0.3 is 10.6 Å². The van der Waals surface area contributed by atoms with E-state index in [9.17, 15) is 0 Å². The summed E-state index contributed by atoms with van der Waals surface area (Å²) >= 11 is 5.88. The fourth-order valence-corrected chi connectivity index (χ4v) is 2.22. The molecule has 0 aliphatic carbocycles. The van der Waals surface area contributed by atoms with Crippen LogP contribution < -0.4 is 5.73 Å². The van der Waals surface area contributed by atoms with Crippen LogP contribution in [-0.2, 0) is 0 Å². The van der Waals surface area contributed by atoms with Crippen LogP contribution in [-0.4, -0.2) is 24.0 Å². The van der Waals surface area contributed by atoms with E-state index in [0.717, 1.165) is 24.5 Å². The maximum absolute atomic E-state index is 6.22. The molecule has 0 amide bonds. The van der Waals surface area contributed by atoms with E-state index in [1.807, 2.05) is 24.3 Å². The van der Waals surface area contributed by atoms with E-state index in [1.54, 1.807) is 0 Å². The minimum absolute atomic E-state index is 0.0976. The second-order valence-electron chi connectivity index (χ2n) is 5.08. The van der Waals surface area contributed by atoms with Crippen molar-refractivity contribution in [1.29, 1.82) is 0 Å². The summed E-state index contributed by atoms with van der Waals surface area (Å²) in [6.07, 6.45) is 2.17. The van der Waals surface area contributed by atoms with Crippen LogP contribution in [0.25, 0.3) is 0 Å². The van der Waals surface area contributed by atoms with Crippen molar-refractivity contribution in [1.82, 2.24) is 4.90 Å². The Bertz CT molecular complexity index is 335. The molecule has 2 N–H and O–H groups in total. The summed E-state index contributed by atoms with van der Waals surface area (Å²) in [5.41, 5.74) is 7.39. The van der Waals surface area contributed by atoms with Crippen LogP contribution in [0, 0.1) is 0 Å². The van der Waals surface area contributed by atoms with E-state index >= 15 is 0 Å². The van der Waals surface area contributed by atoms with Gasteiger partial charge in [-0.2, -0.15) is 0 Å². The van der Waals surface area contributed by atoms with Crippen molar-refractivity contribution in [2.45, 2.75) is 45.7 Å². The highest BCUT2D eigenvalue weighted by molar-refractivity contribution is 6.30. The Morgan fingerprint density at radius 1 is 1.17 bits per heavy atom. The van der Waals surface area contributed by atoms with Crippen molar-refractivity contribution in [3.63, 3.8) is 0 Å². The monoisotopic (exact) mass is 268 g/mol. The number of rotatable bonds is 7. The van der Waals surface area contributed by atoms with Crippen molar-refractivity contribution >= 4 is 11.6 Å². The largest absolute Gasteiger partial charge is 0.324 e. The quantitative estimate of drug-likeness (QED) is 0.814. The minimum Gasteiger partial charge on any atom is -0.324 e. The second kappa shape index (κ2) is 7.78. The van der Waals surface area contributed by atoms with Crippen LogP contribution >= 0.6 is 11.6 Å². The van der Waals surface area contributed by atoms with Crippen LogP contribution in [0.3, 0.4) is 0 Å². The molecule has 1 aromatic carbocycles. The maximum atomic E-state index is 6.22. The lowest BCUT2D eigenvalue weighted by molar-refractivity contribution is 0.214. The summed E-state index contributed by atoms with van der Waals surface area (Å²) in [4.78, 5) is 2.48. The zero-order valence-electron chi connectivity index (χ0n) is 11.7. The van der Waals surface area contributed by atoms with Gasteiger partial charge in [0.15, 0.2) is 0 Å². The third-order valence-electron chi connectivity index (χ3n) is 3.27. The van der Waals surface area contributed by atoms with Crippen molar-refractivity contribution in [2.75, 3.05) is 13.1 Å². The molecular weight excluding hydrogens is 244 g/mol. The fraction of sp³-hybridized carbons (Fsp3) is 0.600. The van der Waals surface area contributed by atoms with Crippen LogP contribution in [0.1, 0.15) is 45.2 Å². The Morgan fingerprint density at radius 2 is 1.78 bits per heavy atom. The highest BCUT2D eigenvalue weighted by Crippen LogP contribution is 2.18. The van der Waals surface area contributed by atoms with Crippen LogP contribution in [0.15, 0.2) is 24.3 Å². The van der Waals surface area contributed by atoms with Gasteiger partial charge >= 0.3 is 0 Å². The summed E-state index contributed by atoms with van der Waals surface area (Å²) in [6, 6.07) is 8.54. The highest BCUT2D eigenvalue weighted by atomic mass is 35.5. The molecule has 2 nitrogen and oxygen atoms in total. The fourth-order valence-electron chi connectivity index (χ4n) is 2.10. The lowest BCUT2D eigenvalue weighted by Gasteiger charge is -2.27. The molecule has 0 aromatic heterocycles. The lowest BCUT2D eigenvalue weighted by Crippen LogP contribution is -2.34. The molecule has 18 heavy (non-hydrogen) atoms. The van der Waals surface area contributed by atoms with Gasteiger partial charge in [0.05, 0.1) is 0 Å². The SMILES string of the molecule is CCCN(CCC(N)c1ccc(Cl)cc1)C(C)C. The molecule has 0 spiro atoms.